The molecule has 2 aliphatic rings. The van der Waals surface area contributed by atoms with Crippen molar-refractivity contribution in [3.8, 4) is 5.75 Å². The smallest absolute Gasteiger partial charge is 0.306 e. The molecule has 0 unspecified atom stereocenters. The van der Waals surface area contributed by atoms with Gasteiger partial charge in [-0.3, -0.25) is 4.79 Å². The molecule has 1 aromatic carbocycles. The number of benzene rings is 1. The quantitative estimate of drug-likeness (QED) is 0.491. The highest BCUT2D eigenvalue weighted by atomic mass is 28.4. The van der Waals surface area contributed by atoms with Gasteiger partial charge in [-0.1, -0.05) is 32.9 Å². The monoisotopic (exact) mass is 406 g/mol. The first kappa shape index (κ1) is 21.3. The van der Waals surface area contributed by atoms with Gasteiger partial charge in [0, 0.05) is 24.9 Å². The minimum absolute atomic E-state index is 0.0265. The van der Waals surface area contributed by atoms with Crippen molar-refractivity contribution in [3.63, 3.8) is 0 Å². The fourth-order valence-corrected chi connectivity index (χ4v) is 4.87. The molecule has 0 spiro atoms. The van der Waals surface area contributed by atoms with Gasteiger partial charge in [0.25, 0.3) is 0 Å². The summed E-state index contributed by atoms with van der Waals surface area (Å²) in [5, 5.41) is 0.159. The highest BCUT2D eigenvalue weighted by molar-refractivity contribution is 6.74. The molecule has 1 heterocycles. The molecule has 0 radical (unpaired) electrons. The number of hydrogen-bond acceptors (Lipinski definition) is 5. The zero-order chi connectivity index (χ0) is 20.5. The molecule has 0 aromatic heterocycles. The molecule has 1 saturated heterocycles. The van der Waals surface area contributed by atoms with Crippen molar-refractivity contribution >= 4 is 14.3 Å². The van der Waals surface area contributed by atoms with Crippen molar-refractivity contribution < 1.29 is 23.4 Å². The number of carbonyl (C=O) groups is 1. The van der Waals surface area contributed by atoms with E-state index in [1.165, 1.54) is 0 Å². The Morgan fingerprint density at radius 1 is 1.18 bits per heavy atom. The number of carbonyl (C=O) groups excluding carboxylic acids is 1. The van der Waals surface area contributed by atoms with Gasteiger partial charge in [-0.25, -0.2) is 0 Å². The van der Waals surface area contributed by atoms with Gasteiger partial charge in [0.1, 0.15) is 11.9 Å². The van der Waals surface area contributed by atoms with E-state index in [9.17, 15) is 4.79 Å². The molecule has 0 amide bonds. The molecule has 156 valence electrons. The molecule has 1 aliphatic heterocycles. The molecule has 1 saturated carbocycles. The van der Waals surface area contributed by atoms with E-state index in [4.69, 9.17) is 18.6 Å². The molecule has 3 rings (SSSR count). The Hall–Kier alpha value is -1.37. The summed E-state index contributed by atoms with van der Waals surface area (Å²) in [6, 6.07) is 7.94. The van der Waals surface area contributed by atoms with E-state index in [1.807, 2.05) is 24.3 Å². The second kappa shape index (κ2) is 8.17. The van der Waals surface area contributed by atoms with Gasteiger partial charge in [-0.15, -0.1) is 0 Å². The molecule has 0 N–H and O–H groups in total. The summed E-state index contributed by atoms with van der Waals surface area (Å²) < 4.78 is 23.6. The normalized spacial score (nSPS) is 27.6. The molecule has 0 bridgehead atoms. The van der Waals surface area contributed by atoms with Crippen LogP contribution in [0.2, 0.25) is 18.1 Å². The number of ether oxygens (including phenoxy) is 3. The van der Waals surface area contributed by atoms with E-state index < -0.39 is 8.32 Å². The number of methoxy groups -OCH3 is 1. The fourth-order valence-electron chi connectivity index (χ4n) is 3.83. The topological polar surface area (TPSA) is 54.0 Å². The first-order valence-electron chi connectivity index (χ1n) is 10.2. The minimum atomic E-state index is -1.86. The standard InChI is InChI=1S/C22H34O5Si/c1-22(2,3)28(5,6)26-14-18-17-11-21(23)27-20(17)12-19(18)25-13-15-7-9-16(24-4)10-8-15/h7-10,17-20H,11-14H2,1-6H3/t17-,18-,19-,20+/m1/s1. The Labute approximate surface area is 169 Å². The van der Waals surface area contributed by atoms with E-state index in [2.05, 4.69) is 33.9 Å². The van der Waals surface area contributed by atoms with Crippen molar-refractivity contribution in [2.75, 3.05) is 13.7 Å². The summed E-state index contributed by atoms with van der Waals surface area (Å²) >= 11 is 0. The molecule has 4 atom stereocenters. The Balaban J connectivity index is 1.65. The van der Waals surface area contributed by atoms with Crippen LogP contribution in [0.4, 0.5) is 0 Å². The average molecular weight is 407 g/mol. The van der Waals surface area contributed by atoms with Crippen molar-refractivity contribution in [2.45, 2.75) is 70.6 Å². The summed E-state index contributed by atoms with van der Waals surface area (Å²) in [4.78, 5) is 11.8. The second-order valence-corrected chi connectivity index (χ2v) is 14.4. The Morgan fingerprint density at radius 3 is 2.46 bits per heavy atom. The summed E-state index contributed by atoms with van der Waals surface area (Å²) in [5.74, 6) is 1.16. The molecular formula is C22H34O5Si. The highest BCUT2D eigenvalue weighted by Gasteiger charge is 2.51. The minimum Gasteiger partial charge on any atom is -0.497 e. The first-order valence-corrected chi connectivity index (χ1v) is 13.1. The third kappa shape index (κ3) is 4.61. The van der Waals surface area contributed by atoms with Crippen LogP contribution in [-0.4, -0.2) is 40.2 Å². The summed E-state index contributed by atoms with van der Waals surface area (Å²) in [5.41, 5.74) is 1.11. The Bertz CT molecular complexity index is 679. The zero-order valence-corrected chi connectivity index (χ0v) is 19.0. The number of rotatable bonds is 7. The molecular weight excluding hydrogens is 372 g/mol. The van der Waals surface area contributed by atoms with Crippen LogP contribution in [0.1, 0.15) is 39.2 Å². The van der Waals surface area contributed by atoms with Crippen molar-refractivity contribution in [3.05, 3.63) is 29.8 Å². The van der Waals surface area contributed by atoms with Crippen molar-refractivity contribution in [1.82, 2.24) is 0 Å². The lowest BCUT2D eigenvalue weighted by atomic mass is 9.93. The molecule has 1 aromatic rings. The van der Waals surface area contributed by atoms with Crippen LogP contribution in [0.25, 0.3) is 0 Å². The van der Waals surface area contributed by atoms with Gasteiger partial charge in [0.2, 0.25) is 0 Å². The maximum Gasteiger partial charge on any atom is 0.306 e. The first-order chi connectivity index (χ1) is 13.1. The molecule has 2 fully saturated rings. The summed E-state index contributed by atoms with van der Waals surface area (Å²) in [6.45, 7) is 12.5. The maximum atomic E-state index is 11.8. The van der Waals surface area contributed by atoms with E-state index in [1.54, 1.807) is 7.11 Å². The van der Waals surface area contributed by atoms with Gasteiger partial charge in [-0.05, 0) is 35.8 Å². The van der Waals surface area contributed by atoms with Crippen molar-refractivity contribution in [1.29, 1.82) is 0 Å². The highest BCUT2D eigenvalue weighted by Crippen LogP contribution is 2.44. The summed E-state index contributed by atoms with van der Waals surface area (Å²) in [6.07, 6.45) is 1.27. The van der Waals surface area contributed by atoms with Crippen LogP contribution >= 0.6 is 0 Å². The lowest BCUT2D eigenvalue weighted by molar-refractivity contribution is -0.142. The van der Waals surface area contributed by atoms with Crippen LogP contribution in [0.3, 0.4) is 0 Å². The number of esters is 1. The lowest BCUT2D eigenvalue weighted by Gasteiger charge is -2.38. The van der Waals surface area contributed by atoms with Crippen LogP contribution in [0.15, 0.2) is 24.3 Å². The number of fused-ring (bicyclic) bond motifs is 1. The maximum absolute atomic E-state index is 11.8. The zero-order valence-electron chi connectivity index (χ0n) is 18.0. The van der Waals surface area contributed by atoms with Crippen LogP contribution in [-0.2, 0) is 25.3 Å². The fraction of sp³-hybridized carbons (Fsp3) is 0.682. The van der Waals surface area contributed by atoms with Gasteiger partial charge >= 0.3 is 5.97 Å². The average Bonchev–Trinajstić information content (AvgIpc) is 3.13. The second-order valence-electron chi connectivity index (χ2n) is 9.56. The lowest BCUT2D eigenvalue weighted by Crippen LogP contribution is -2.43. The molecule has 5 nitrogen and oxygen atoms in total. The van der Waals surface area contributed by atoms with E-state index in [0.29, 0.717) is 19.6 Å². The van der Waals surface area contributed by atoms with Gasteiger partial charge in [-0.2, -0.15) is 0 Å². The van der Waals surface area contributed by atoms with E-state index >= 15 is 0 Å². The summed E-state index contributed by atoms with van der Waals surface area (Å²) in [7, 11) is -0.192. The third-order valence-electron chi connectivity index (χ3n) is 6.72. The van der Waals surface area contributed by atoms with Crippen LogP contribution in [0, 0.1) is 11.8 Å². The van der Waals surface area contributed by atoms with Gasteiger partial charge < -0.3 is 18.6 Å². The SMILES string of the molecule is COc1ccc(CO[C@@H]2C[C@@H]3OC(=O)C[C@@H]3[C@H]2CO[Si](C)(C)C(C)(C)C)cc1. The Morgan fingerprint density at radius 2 is 1.86 bits per heavy atom. The molecule has 1 aliphatic carbocycles. The van der Waals surface area contributed by atoms with E-state index in [0.717, 1.165) is 17.7 Å². The van der Waals surface area contributed by atoms with Crippen LogP contribution < -0.4 is 4.74 Å². The van der Waals surface area contributed by atoms with Crippen LogP contribution in [0.5, 0.6) is 5.75 Å². The predicted molar refractivity (Wildman–Crippen MR) is 111 cm³/mol. The third-order valence-corrected chi connectivity index (χ3v) is 11.2. The van der Waals surface area contributed by atoms with Crippen molar-refractivity contribution in [2.24, 2.45) is 11.8 Å². The largest absolute Gasteiger partial charge is 0.497 e. The molecule has 28 heavy (non-hydrogen) atoms. The number of hydrogen-bond donors (Lipinski definition) is 0. The van der Waals surface area contributed by atoms with Gasteiger partial charge in [0.05, 0.1) is 26.2 Å². The predicted octanol–water partition coefficient (Wildman–Crippen LogP) is 4.55. The molecule has 6 heteroatoms. The van der Waals surface area contributed by atoms with E-state index in [-0.39, 0.29) is 35.1 Å². The Kier molecular flexibility index (Phi) is 6.22. The van der Waals surface area contributed by atoms with Gasteiger partial charge in [0.15, 0.2) is 8.32 Å².